The molecule has 1 atom stereocenters. The van der Waals surface area contributed by atoms with E-state index in [1.54, 1.807) is 6.07 Å². The Morgan fingerprint density at radius 2 is 1.67 bits per heavy atom. The molecule has 1 unspecified atom stereocenters. The van der Waals surface area contributed by atoms with Crippen LogP contribution < -0.4 is 10.6 Å². The lowest BCUT2D eigenvalue weighted by Gasteiger charge is -2.31. The van der Waals surface area contributed by atoms with Gasteiger partial charge in [0.05, 0.1) is 18.3 Å². The highest BCUT2D eigenvalue weighted by molar-refractivity contribution is 5.92. The summed E-state index contributed by atoms with van der Waals surface area (Å²) >= 11 is 0. The van der Waals surface area contributed by atoms with Gasteiger partial charge >= 0.3 is 6.09 Å². The zero-order valence-electron chi connectivity index (χ0n) is 22.1. The van der Waals surface area contributed by atoms with Crippen LogP contribution >= 0.6 is 0 Å². The Morgan fingerprint density at radius 1 is 0.923 bits per heavy atom. The number of nitrogens with one attached hydrogen (secondary N) is 2. The second-order valence-electron chi connectivity index (χ2n) is 10.2. The van der Waals surface area contributed by atoms with Gasteiger partial charge in [0, 0.05) is 44.8 Å². The Labute approximate surface area is 228 Å². The molecule has 2 saturated heterocycles. The molecule has 3 heterocycles. The first-order chi connectivity index (χ1) is 19.0. The fourth-order valence-corrected chi connectivity index (χ4v) is 5.18. The van der Waals surface area contributed by atoms with E-state index in [1.807, 2.05) is 60.7 Å². The zero-order chi connectivity index (χ0) is 27.0. The number of aliphatic hydroxyl groups is 1. The van der Waals surface area contributed by atoms with Crippen molar-refractivity contribution in [2.45, 2.75) is 38.0 Å². The monoisotopic (exact) mass is 532 g/mol. The number of hydrogen-bond acceptors (Lipinski definition) is 7. The largest absolute Gasteiger partial charge is 0.455 e. The number of aliphatic hydroxyl groups excluding tert-OH is 1. The number of piperidine rings is 1. The molecule has 1 aromatic heterocycles. The first-order valence-corrected chi connectivity index (χ1v) is 13.7. The number of carbonyl (C=O) groups excluding carboxylic acids is 2. The molecule has 39 heavy (non-hydrogen) atoms. The molecule has 0 bridgehead atoms. The van der Waals surface area contributed by atoms with Gasteiger partial charge < -0.3 is 24.5 Å². The molecule has 2 aliphatic heterocycles. The quantitative estimate of drug-likeness (QED) is 0.383. The van der Waals surface area contributed by atoms with Crippen LogP contribution in [-0.2, 0) is 11.3 Å². The minimum atomic E-state index is -0.442. The molecule has 0 aliphatic carbocycles. The summed E-state index contributed by atoms with van der Waals surface area (Å²) in [6.45, 7) is 4.87. The molecule has 2 aliphatic rings. The van der Waals surface area contributed by atoms with E-state index in [4.69, 9.17) is 9.15 Å². The number of ether oxygens (including phenoxy) is 1. The van der Waals surface area contributed by atoms with E-state index in [0.29, 0.717) is 31.9 Å². The van der Waals surface area contributed by atoms with Crippen molar-refractivity contribution < 1.29 is 23.8 Å². The molecule has 0 radical (unpaired) electrons. The van der Waals surface area contributed by atoms with Crippen molar-refractivity contribution in [1.82, 2.24) is 15.1 Å². The second-order valence-corrected chi connectivity index (χ2v) is 10.2. The number of anilines is 1. The van der Waals surface area contributed by atoms with Crippen LogP contribution in [0.2, 0.25) is 0 Å². The third kappa shape index (κ3) is 7.47. The number of β-amino-alcohol motifs (C(OH)–C–C–N with tert-alkyl or cyclic N) is 1. The molecule has 2 amide bonds. The standard InChI is InChI=1S/C30H36N4O5/c35-23-12-16-34(20-23)21-25-10-11-28(38-25)29(36)31-15-19-33-17-13-24(14-18-33)39-30(37)32-27-9-5-4-8-26(27)22-6-2-1-3-7-22/h1-11,23-24,35H,12-21H2,(H,31,36)(H,32,37). The predicted molar refractivity (Wildman–Crippen MR) is 148 cm³/mol. The van der Waals surface area contributed by atoms with E-state index >= 15 is 0 Å². The van der Waals surface area contributed by atoms with Crippen molar-refractivity contribution in [2.24, 2.45) is 0 Å². The van der Waals surface area contributed by atoms with E-state index in [1.165, 1.54) is 0 Å². The van der Waals surface area contributed by atoms with Gasteiger partial charge in [-0.1, -0.05) is 48.5 Å². The van der Waals surface area contributed by atoms with Gasteiger partial charge in [-0.15, -0.1) is 0 Å². The van der Waals surface area contributed by atoms with Gasteiger partial charge in [-0.2, -0.15) is 0 Å². The molecular formula is C30H36N4O5. The third-order valence-electron chi connectivity index (χ3n) is 7.28. The van der Waals surface area contributed by atoms with Crippen LogP contribution in [0.5, 0.6) is 0 Å². The lowest BCUT2D eigenvalue weighted by atomic mass is 10.0. The van der Waals surface area contributed by atoms with Crippen molar-refractivity contribution in [1.29, 1.82) is 0 Å². The number of rotatable bonds is 9. The Bertz CT molecular complexity index is 1240. The number of carbonyl (C=O) groups is 2. The lowest BCUT2D eigenvalue weighted by molar-refractivity contribution is 0.0586. The van der Waals surface area contributed by atoms with Crippen molar-refractivity contribution >= 4 is 17.7 Å². The molecule has 3 aromatic rings. The van der Waals surface area contributed by atoms with Gasteiger partial charge in [0.2, 0.25) is 0 Å². The minimum Gasteiger partial charge on any atom is -0.455 e. The average Bonchev–Trinajstić information content (AvgIpc) is 3.59. The summed E-state index contributed by atoms with van der Waals surface area (Å²) in [6, 6.07) is 21.2. The van der Waals surface area contributed by atoms with E-state index in [2.05, 4.69) is 20.4 Å². The molecule has 206 valence electrons. The summed E-state index contributed by atoms with van der Waals surface area (Å²) in [7, 11) is 0. The van der Waals surface area contributed by atoms with Gasteiger partial charge in [0.25, 0.3) is 5.91 Å². The summed E-state index contributed by atoms with van der Waals surface area (Å²) in [5.74, 6) is 0.800. The number of nitrogens with zero attached hydrogens (tertiary/aromatic N) is 2. The molecule has 2 aromatic carbocycles. The third-order valence-corrected chi connectivity index (χ3v) is 7.28. The summed E-state index contributed by atoms with van der Waals surface area (Å²) in [5, 5.41) is 15.5. The summed E-state index contributed by atoms with van der Waals surface area (Å²) in [4.78, 5) is 29.5. The van der Waals surface area contributed by atoms with Crippen LogP contribution in [0.15, 0.2) is 71.1 Å². The van der Waals surface area contributed by atoms with E-state index in [0.717, 1.165) is 61.5 Å². The van der Waals surface area contributed by atoms with Crippen molar-refractivity contribution in [3.63, 3.8) is 0 Å². The first kappa shape index (κ1) is 26.9. The highest BCUT2D eigenvalue weighted by Crippen LogP contribution is 2.28. The van der Waals surface area contributed by atoms with Gasteiger partial charge in [-0.3, -0.25) is 15.0 Å². The van der Waals surface area contributed by atoms with E-state index < -0.39 is 6.09 Å². The van der Waals surface area contributed by atoms with Gasteiger partial charge in [-0.25, -0.2) is 4.79 Å². The molecule has 9 heteroatoms. The molecule has 5 rings (SSSR count). The molecule has 0 spiro atoms. The maximum atomic E-state index is 12.6. The second kappa shape index (κ2) is 12.9. The smallest absolute Gasteiger partial charge is 0.411 e. The number of furan rings is 1. The number of hydrogen-bond donors (Lipinski definition) is 3. The number of likely N-dealkylation sites (tertiary alicyclic amines) is 2. The number of amides is 2. The van der Waals surface area contributed by atoms with Crippen molar-refractivity contribution in [2.75, 3.05) is 44.6 Å². The normalized spacial score (nSPS) is 18.6. The fourth-order valence-electron chi connectivity index (χ4n) is 5.18. The van der Waals surface area contributed by atoms with Crippen LogP contribution in [0.25, 0.3) is 11.1 Å². The summed E-state index contributed by atoms with van der Waals surface area (Å²) < 4.78 is 11.4. The summed E-state index contributed by atoms with van der Waals surface area (Å²) in [5.41, 5.74) is 2.70. The number of para-hydroxylation sites is 1. The Morgan fingerprint density at radius 3 is 2.44 bits per heavy atom. The lowest BCUT2D eigenvalue weighted by Crippen LogP contribution is -2.42. The molecular weight excluding hydrogens is 496 g/mol. The maximum Gasteiger partial charge on any atom is 0.411 e. The van der Waals surface area contributed by atoms with Crippen LogP contribution in [0.3, 0.4) is 0 Å². The van der Waals surface area contributed by atoms with Gasteiger partial charge in [0.15, 0.2) is 5.76 Å². The zero-order valence-corrected chi connectivity index (χ0v) is 22.1. The molecule has 9 nitrogen and oxygen atoms in total. The SMILES string of the molecule is O=C(Nc1ccccc1-c1ccccc1)OC1CCN(CCNC(=O)c2ccc(CN3CCC(O)C3)o2)CC1. The van der Waals surface area contributed by atoms with E-state index in [9.17, 15) is 14.7 Å². The number of benzene rings is 2. The van der Waals surface area contributed by atoms with Gasteiger partial charge in [-0.05, 0) is 43.0 Å². The predicted octanol–water partition coefficient (Wildman–Crippen LogP) is 3.96. The minimum absolute atomic E-state index is 0.141. The van der Waals surface area contributed by atoms with E-state index in [-0.39, 0.29) is 18.1 Å². The highest BCUT2D eigenvalue weighted by atomic mass is 16.6. The van der Waals surface area contributed by atoms with Crippen LogP contribution in [-0.4, -0.2) is 78.4 Å². The van der Waals surface area contributed by atoms with Crippen molar-refractivity contribution in [3.8, 4) is 11.1 Å². The van der Waals surface area contributed by atoms with Crippen LogP contribution in [0.4, 0.5) is 10.5 Å². The first-order valence-electron chi connectivity index (χ1n) is 13.7. The average molecular weight is 533 g/mol. The fraction of sp³-hybridized carbons (Fsp3) is 0.400. The Kier molecular flexibility index (Phi) is 8.93. The highest BCUT2D eigenvalue weighted by Gasteiger charge is 2.24. The topological polar surface area (TPSA) is 107 Å². The van der Waals surface area contributed by atoms with Crippen LogP contribution in [0.1, 0.15) is 35.6 Å². The van der Waals surface area contributed by atoms with Gasteiger partial charge in [0.1, 0.15) is 11.9 Å². The molecule has 0 saturated carbocycles. The summed E-state index contributed by atoms with van der Waals surface area (Å²) in [6.07, 6.45) is 1.40. The van der Waals surface area contributed by atoms with Crippen LogP contribution in [0, 0.1) is 0 Å². The Hall–Kier alpha value is -3.66. The van der Waals surface area contributed by atoms with Crippen molar-refractivity contribution in [3.05, 3.63) is 78.3 Å². The molecule has 2 fully saturated rings. The maximum absolute atomic E-state index is 12.6. The Balaban J connectivity index is 1.00. The molecule has 3 N–H and O–H groups in total.